The van der Waals surface area contributed by atoms with Gasteiger partial charge in [0.05, 0.1) is 12.2 Å². The lowest BCUT2D eigenvalue weighted by Gasteiger charge is -2.38. The summed E-state index contributed by atoms with van der Waals surface area (Å²) < 4.78 is 11.6. The molecule has 4 unspecified atom stereocenters. The number of carbonyl (C=O) groups is 2. The highest BCUT2D eigenvalue weighted by Crippen LogP contribution is 2.24. The fourth-order valence-corrected chi connectivity index (χ4v) is 5.46. The van der Waals surface area contributed by atoms with E-state index in [2.05, 4.69) is 44.0 Å². The largest absolute Gasteiger partial charge is 0.484 e. The highest BCUT2D eigenvalue weighted by molar-refractivity contribution is 6.04. The van der Waals surface area contributed by atoms with Crippen LogP contribution >= 0.6 is 0 Å². The molecule has 2 aliphatic heterocycles. The second-order valence-electron chi connectivity index (χ2n) is 10.3. The second-order valence-corrected chi connectivity index (χ2v) is 10.3. The topological polar surface area (TPSA) is 71.1 Å². The number of benzene rings is 2. The lowest BCUT2D eigenvalue weighted by atomic mass is 9.97. The van der Waals surface area contributed by atoms with Crippen LogP contribution in [-0.4, -0.2) is 65.6 Å². The number of rotatable bonds is 7. The first-order chi connectivity index (χ1) is 17.3. The fraction of sp³-hybridized carbons (Fsp3) is 0.517. The third kappa shape index (κ3) is 6.65. The van der Waals surface area contributed by atoms with Gasteiger partial charge in [-0.25, -0.2) is 0 Å². The molecule has 7 heteroatoms. The molecule has 2 amide bonds. The summed E-state index contributed by atoms with van der Waals surface area (Å²) in [5, 5.41) is 3.06. The number of hydrogen-bond donors (Lipinski definition) is 1. The smallest absolute Gasteiger partial charge is 0.260 e. The molecule has 2 aliphatic rings. The number of ether oxygens (including phenoxy) is 2. The Balaban J connectivity index is 1.33. The van der Waals surface area contributed by atoms with Crippen molar-refractivity contribution in [3.63, 3.8) is 0 Å². The molecule has 0 spiro atoms. The zero-order valence-electron chi connectivity index (χ0n) is 21.9. The van der Waals surface area contributed by atoms with E-state index >= 15 is 0 Å². The maximum atomic E-state index is 13.0. The molecule has 7 nitrogen and oxygen atoms in total. The molecule has 0 bridgehead atoms. The fourth-order valence-electron chi connectivity index (χ4n) is 5.46. The third-order valence-corrected chi connectivity index (χ3v) is 7.12. The van der Waals surface area contributed by atoms with Crippen molar-refractivity contribution in [2.24, 2.45) is 0 Å². The van der Waals surface area contributed by atoms with E-state index in [1.54, 1.807) is 24.3 Å². The van der Waals surface area contributed by atoms with Crippen LogP contribution in [0.3, 0.4) is 0 Å². The standard InChI is InChI=1S/C29H39N3O4/c1-20-8-7-9-21(2)32(20)28(33)19-35-26-14-12-24(13-15-26)29(34)30-27-11-6-5-10-25(27)18-31-16-22(3)36-23(4)17-31/h5-6,10-15,20-23H,7-9,16-19H2,1-4H3,(H,30,34). The van der Waals surface area contributed by atoms with Crippen molar-refractivity contribution >= 4 is 17.5 Å². The predicted molar refractivity (Wildman–Crippen MR) is 141 cm³/mol. The minimum atomic E-state index is -0.176. The summed E-state index contributed by atoms with van der Waals surface area (Å²) in [7, 11) is 0. The van der Waals surface area contributed by atoms with Crippen LogP contribution in [-0.2, 0) is 16.1 Å². The SMILES string of the molecule is CC1CN(Cc2ccccc2NC(=O)c2ccc(OCC(=O)N3C(C)CCCC3C)cc2)CC(C)O1. The van der Waals surface area contributed by atoms with Gasteiger partial charge in [0.25, 0.3) is 11.8 Å². The van der Waals surface area contributed by atoms with Gasteiger partial charge in [-0.2, -0.15) is 0 Å². The van der Waals surface area contributed by atoms with E-state index in [0.717, 1.165) is 50.1 Å². The summed E-state index contributed by atoms with van der Waals surface area (Å²) in [5.41, 5.74) is 2.42. The average molecular weight is 494 g/mol. The highest BCUT2D eigenvalue weighted by Gasteiger charge is 2.29. The summed E-state index contributed by atoms with van der Waals surface area (Å²) in [5.74, 6) is 0.412. The molecule has 0 aromatic heterocycles. The normalized spacial score (nSPS) is 24.8. The molecule has 36 heavy (non-hydrogen) atoms. The van der Waals surface area contributed by atoms with E-state index < -0.39 is 0 Å². The van der Waals surface area contributed by atoms with Gasteiger partial charge in [-0.1, -0.05) is 18.2 Å². The number of para-hydroxylation sites is 1. The van der Waals surface area contributed by atoms with Gasteiger partial charge in [0, 0.05) is 43.0 Å². The number of nitrogens with zero attached hydrogens (tertiary/aromatic N) is 2. The molecule has 0 saturated carbocycles. The predicted octanol–water partition coefficient (Wildman–Crippen LogP) is 4.72. The summed E-state index contributed by atoms with van der Waals surface area (Å²) in [6.07, 6.45) is 3.62. The van der Waals surface area contributed by atoms with Gasteiger partial charge in [0.2, 0.25) is 0 Å². The Morgan fingerprint density at radius 2 is 1.58 bits per heavy atom. The quantitative estimate of drug-likeness (QED) is 0.605. The molecule has 2 aromatic rings. The molecule has 0 radical (unpaired) electrons. The van der Waals surface area contributed by atoms with Gasteiger partial charge in [-0.15, -0.1) is 0 Å². The van der Waals surface area contributed by atoms with Crippen molar-refractivity contribution in [3.05, 3.63) is 59.7 Å². The van der Waals surface area contributed by atoms with E-state index in [1.165, 1.54) is 0 Å². The van der Waals surface area contributed by atoms with Crippen LogP contribution in [0.2, 0.25) is 0 Å². The average Bonchev–Trinajstić information content (AvgIpc) is 2.83. The first-order valence-corrected chi connectivity index (χ1v) is 13.1. The lowest BCUT2D eigenvalue weighted by molar-refractivity contribution is -0.139. The Kier molecular flexibility index (Phi) is 8.64. The number of anilines is 1. The van der Waals surface area contributed by atoms with Gasteiger partial charge < -0.3 is 19.7 Å². The van der Waals surface area contributed by atoms with Gasteiger partial charge in [-0.3, -0.25) is 14.5 Å². The zero-order chi connectivity index (χ0) is 25.7. The minimum Gasteiger partial charge on any atom is -0.484 e. The van der Waals surface area contributed by atoms with Crippen molar-refractivity contribution in [1.82, 2.24) is 9.80 Å². The van der Waals surface area contributed by atoms with Crippen LogP contribution < -0.4 is 10.1 Å². The molecule has 4 rings (SSSR count). The lowest BCUT2D eigenvalue weighted by Crippen LogP contribution is -2.49. The Bertz CT molecular complexity index is 1020. The van der Waals surface area contributed by atoms with Crippen LogP contribution in [0.5, 0.6) is 5.75 Å². The number of morpholine rings is 1. The number of nitrogens with one attached hydrogen (secondary N) is 1. The van der Waals surface area contributed by atoms with Crippen LogP contribution in [0.1, 0.15) is 62.9 Å². The van der Waals surface area contributed by atoms with E-state index in [0.29, 0.717) is 11.3 Å². The molecule has 4 atom stereocenters. The van der Waals surface area contributed by atoms with Crippen LogP contribution in [0, 0.1) is 0 Å². The van der Waals surface area contributed by atoms with E-state index in [9.17, 15) is 9.59 Å². The van der Waals surface area contributed by atoms with E-state index in [4.69, 9.17) is 9.47 Å². The first kappa shape index (κ1) is 26.2. The number of amides is 2. The third-order valence-electron chi connectivity index (χ3n) is 7.12. The van der Waals surface area contributed by atoms with Crippen molar-refractivity contribution < 1.29 is 19.1 Å². The minimum absolute atomic E-state index is 0.00632. The van der Waals surface area contributed by atoms with Crippen molar-refractivity contribution in [2.75, 3.05) is 25.0 Å². The van der Waals surface area contributed by atoms with Crippen molar-refractivity contribution in [2.45, 2.75) is 77.8 Å². The van der Waals surface area contributed by atoms with Crippen molar-refractivity contribution in [3.8, 4) is 5.75 Å². The Morgan fingerprint density at radius 1 is 0.944 bits per heavy atom. The molecule has 2 saturated heterocycles. The highest BCUT2D eigenvalue weighted by atomic mass is 16.5. The van der Waals surface area contributed by atoms with Gasteiger partial charge >= 0.3 is 0 Å². The van der Waals surface area contributed by atoms with Crippen LogP contribution in [0.25, 0.3) is 0 Å². The van der Waals surface area contributed by atoms with E-state index in [-0.39, 0.29) is 42.7 Å². The molecule has 2 aromatic carbocycles. The zero-order valence-corrected chi connectivity index (χ0v) is 21.9. The molecular weight excluding hydrogens is 454 g/mol. The summed E-state index contributed by atoms with van der Waals surface area (Å²) >= 11 is 0. The molecule has 2 heterocycles. The summed E-state index contributed by atoms with van der Waals surface area (Å²) in [6.45, 7) is 10.9. The second kappa shape index (κ2) is 11.9. The van der Waals surface area contributed by atoms with Gasteiger partial charge in [-0.05, 0) is 82.9 Å². The number of piperidine rings is 1. The monoisotopic (exact) mass is 493 g/mol. The van der Waals surface area contributed by atoms with Crippen molar-refractivity contribution in [1.29, 1.82) is 0 Å². The first-order valence-electron chi connectivity index (χ1n) is 13.1. The Hall–Kier alpha value is -2.90. The summed E-state index contributed by atoms with van der Waals surface area (Å²) in [4.78, 5) is 30.0. The molecule has 0 aliphatic carbocycles. The maximum Gasteiger partial charge on any atom is 0.260 e. The Morgan fingerprint density at radius 3 is 2.25 bits per heavy atom. The molecule has 2 fully saturated rings. The van der Waals surface area contributed by atoms with E-state index in [1.807, 2.05) is 23.1 Å². The molecule has 1 N–H and O–H groups in total. The number of carbonyl (C=O) groups excluding carboxylic acids is 2. The maximum absolute atomic E-state index is 13.0. The Labute approximate surface area is 214 Å². The van der Waals surface area contributed by atoms with Crippen LogP contribution in [0.4, 0.5) is 5.69 Å². The number of likely N-dealkylation sites (tertiary alicyclic amines) is 1. The van der Waals surface area contributed by atoms with Gasteiger partial charge in [0.1, 0.15) is 5.75 Å². The molecular formula is C29H39N3O4. The summed E-state index contributed by atoms with van der Waals surface area (Å²) in [6, 6.07) is 15.4. The van der Waals surface area contributed by atoms with Gasteiger partial charge in [0.15, 0.2) is 6.61 Å². The molecule has 194 valence electrons. The number of hydrogen-bond acceptors (Lipinski definition) is 5. The van der Waals surface area contributed by atoms with Crippen LogP contribution in [0.15, 0.2) is 48.5 Å².